The molecule has 2 amide bonds. The van der Waals surface area contributed by atoms with Crippen LogP contribution >= 0.6 is 0 Å². The molecule has 2 aliphatic rings. The van der Waals surface area contributed by atoms with Gasteiger partial charge in [0.25, 0.3) is 0 Å². The van der Waals surface area contributed by atoms with E-state index in [1.54, 1.807) is 0 Å². The summed E-state index contributed by atoms with van der Waals surface area (Å²) >= 11 is 0. The van der Waals surface area contributed by atoms with Crippen molar-refractivity contribution in [3.8, 4) is 0 Å². The van der Waals surface area contributed by atoms with E-state index in [-0.39, 0.29) is 30.7 Å². The number of carbonyl (C=O) groups excluding carboxylic acids is 2. The second-order valence-electron chi connectivity index (χ2n) is 6.83. The summed E-state index contributed by atoms with van der Waals surface area (Å²) in [5.41, 5.74) is -0.344. The van der Waals surface area contributed by atoms with E-state index in [1.807, 2.05) is 30.3 Å². The summed E-state index contributed by atoms with van der Waals surface area (Å²) in [6, 6.07) is 11.5. The molecule has 0 N–H and O–H groups in total. The summed E-state index contributed by atoms with van der Waals surface area (Å²) in [6.45, 7) is 0.220. The monoisotopic (exact) mass is 360 g/mol. The second-order valence-corrected chi connectivity index (χ2v) is 6.83. The molecule has 1 aromatic carbocycles. The van der Waals surface area contributed by atoms with Crippen molar-refractivity contribution in [2.24, 2.45) is 5.41 Å². The predicted molar refractivity (Wildman–Crippen MR) is 85.6 cm³/mol. The van der Waals surface area contributed by atoms with Gasteiger partial charge in [-0.1, -0.05) is 36.4 Å². The lowest BCUT2D eigenvalue weighted by molar-refractivity contribution is -0.142. The Labute approximate surface area is 147 Å². The van der Waals surface area contributed by atoms with Crippen LogP contribution in [0.5, 0.6) is 0 Å². The van der Waals surface area contributed by atoms with Crippen molar-refractivity contribution in [2.45, 2.75) is 31.5 Å². The molecule has 134 valence electrons. The smallest absolute Gasteiger partial charge is 0.278 e. The molecule has 1 saturated carbocycles. The minimum atomic E-state index is -4.49. The number of pyridine rings is 1. The Hall–Kier alpha value is -2.70. The molecule has 0 unspecified atom stereocenters. The number of hydrogen-bond acceptors (Lipinski definition) is 3. The van der Waals surface area contributed by atoms with Gasteiger partial charge < -0.3 is 0 Å². The molecule has 1 aromatic heterocycles. The SMILES string of the molecule is O=C1C[C@]2(C[C@@H]2c2ccc(C(F)(F)F)nc2)C(=O)N1Cc1ccccc1. The number of carbonyl (C=O) groups is 2. The lowest BCUT2D eigenvalue weighted by Crippen LogP contribution is -2.30. The Morgan fingerprint density at radius 2 is 1.85 bits per heavy atom. The maximum Gasteiger partial charge on any atom is 0.433 e. The largest absolute Gasteiger partial charge is 0.433 e. The Morgan fingerprint density at radius 1 is 1.12 bits per heavy atom. The fourth-order valence-corrected chi connectivity index (χ4v) is 3.70. The minimum Gasteiger partial charge on any atom is -0.278 e. The van der Waals surface area contributed by atoms with Crippen LogP contribution in [0.15, 0.2) is 48.7 Å². The first kappa shape index (κ1) is 16.8. The topological polar surface area (TPSA) is 50.3 Å². The van der Waals surface area contributed by atoms with Gasteiger partial charge in [-0.25, -0.2) is 0 Å². The van der Waals surface area contributed by atoms with Crippen molar-refractivity contribution in [3.63, 3.8) is 0 Å². The van der Waals surface area contributed by atoms with Crippen LogP contribution in [0.2, 0.25) is 0 Å². The van der Waals surface area contributed by atoms with E-state index in [1.165, 1.54) is 17.2 Å². The molecule has 2 heterocycles. The maximum absolute atomic E-state index is 12.8. The average Bonchev–Trinajstić information content (AvgIpc) is 3.29. The molecule has 26 heavy (non-hydrogen) atoms. The number of hydrogen-bond donors (Lipinski definition) is 0. The number of rotatable bonds is 3. The molecule has 4 rings (SSSR count). The van der Waals surface area contributed by atoms with Crippen LogP contribution in [0.3, 0.4) is 0 Å². The zero-order chi connectivity index (χ0) is 18.5. The average molecular weight is 360 g/mol. The second kappa shape index (κ2) is 5.65. The highest BCUT2D eigenvalue weighted by Gasteiger charge is 2.67. The van der Waals surface area contributed by atoms with Crippen molar-refractivity contribution < 1.29 is 22.8 Å². The standard InChI is InChI=1S/C19H15F3N2O2/c20-19(21,22)15-7-6-13(10-23-15)14-8-18(14)9-16(25)24(17(18)26)11-12-4-2-1-3-5-12/h1-7,10,14H,8-9,11H2/t14-,18+/m1/s1. The molecule has 0 bridgehead atoms. The Bertz CT molecular complexity index is 865. The molecular weight excluding hydrogens is 345 g/mol. The first-order valence-electron chi connectivity index (χ1n) is 8.23. The highest BCUT2D eigenvalue weighted by atomic mass is 19.4. The molecular formula is C19H15F3N2O2. The van der Waals surface area contributed by atoms with E-state index in [4.69, 9.17) is 0 Å². The Morgan fingerprint density at radius 3 is 2.46 bits per heavy atom. The third kappa shape index (κ3) is 2.67. The number of benzene rings is 1. The van der Waals surface area contributed by atoms with E-state index in [9.17, 15) is 22.8 Å². The summed E-state index contributed by atoms with van der Waals surface area (Å²) in [5, 5.41) is 0. The van der Waals surface area contributed by atoms with Gasteiger partial charge in [0.2, 0.25) is 11.8 Å². The van der Waals surface area contributed by atoms with Crippen molar-refractivity contribution >= 4 is 11.8 Å². The highest BCUT2D eigenvalue weighted by molar-refractivity contribution is 6.08. The van der Waals surface area contributed by atoms with E-state index in [0.717, 1.165) is 11.6 Å². The van der Waals surface area contributed by atoms with Gasteiger partial charge >= 0.3 is 6.18 Å². The molecule has 2 aromatic rings. The van der Waals surface area contributed by atoms with Gasteiger partial charge in [0.05, 0.1) is 12.0 Å². The van der Waals surface area contributed by atoms with Gasteiger partial charge in [-0.2, -0.15) is 13.2 Å². The van der Waals surface area contributed by atoms with Crippen LogP contribution < -0.4 is 0 Å². The van der Waals surface area contributed by atoms with E-state index in [0.29, 0.717) is 12.0 Å². The number of amides is 2. The van der Waals surface area contributed by atoms with Crippen molar-refractivity contribution in [1.82, 2.24) is 9.88 Å². The van der Waals surface area contributed by atoms with Gasteiger partial charge in [0.1, 0.15) is 5.69 Å². The van der Waals surface area contributed by atoms with Crippen LogP contribution in [0, 0.1) is 5.41 Å². The molecule has 2 atom stereocenters. The van der Waals surface area contributed by atoms with Crippen molar-refractivity contribution in [2.75, 3.05) is 0 Å². The van der Waals surface area contributed by atoms with Gasteiger partial charge in [-0.3, -0.25) is 19.5 Å². The fourth-order valence-electron chi connectivity index (χ4n) is 3.70. The van der Waals surface area contributed by atoms with Gasteiger partial charge in [-0.15, -0.1) is 0 Å². The predicted octanol–water partition coefficient (Wildman–Crippen LogP) is 3.53. The fraction of sp³-hybridized carbons (Fsp3) is 0.316. The van der Waals surface area contributed by atoms with Gasteiger partial charge in [-0.05, 0) is 23.6 Å². The summed E-state index contributed by atoms with van der Waals surface area (Å²) in [7, 11) is 0. The highest BCUT2D eigenvalue weighted by Crippen LogP contribution is 2.65. The number of alkyl halides is 3. The summed E-state index contributed by atoms with van der Waals surface area (Å²) in [4.78, 5) is 29.9. The molecule has 1 aliphatic carbocycles. The van der Waals surface area contributed by atoms with Crippen molar-refractivity contribution in [3.05, 3.63) is 65.5 Å². The van der Waals surface area contributed by atoms with Gasteiger partial charge in [0, 0.05) is 18.5 Å². The van der Waals surface area contributed by atoms with Crippen LogP contribution in [0.25, 0.3) is 0 Å². The van der Waals surface area contributed by atoms with E-state index in [2.05, 4.69) is 4.98 Å². The molecule has 1 aliphatic heterocycles. The molecule has 1 saturated heterocycles. The summed E-state index contributed by atoms with van der Waals surface area (Å²) < 4.78 is 37.9. The van der Waals surface area contributed by atoms with Gasteiger partial charge in [0.15, 0.2) is 0 Å². The molecule has 1 spiro atoms. The first-order valence-corrected chi connectivity index (χ1v) is 8.23. The lowest BCUT2D eigenvalue weighted by Gasteiger charge is -2.15. The molecule has 2 fully saturated rings. The first-order chi connectivity index (χ1) is 12.3. The number of imide groups is 1. The third-order valence-corrected chi connectivity index (χ3v) is 5.18. The molecule has 0 radical (unpaired) electrons. The van der Waals surface area contributed by atoms with Crippen LogP contribution in [0.4, 0.5) is 13.2 Å². The summed E-state index contributed by atoms with van der Waals surface area (Å²) in [5.74, 6) is -0.730. The number of aromatic nitrogens is 1. The number of halogens is 3. The zero-order valence-corrected chi connectivity index (χ0v) is 13.7. The van der Waals surface area contributed by atoms with Crippen molar-refractivity contribution in [1.29, 1.82) is 0 Å². The number of nitrogens with zero attached hydrogens (tertiary/aromatic N) is 2. The molecule has 7 heteroatoms. The summed E-state index contributed by atoms with van der Waals surface area (Å²) in [6.07, 6.45) is -2.76. The maximum atomic E-state index is 12.8. The van der Waals surface area contributed by atoms with E-state index < -0.39 is 17.3 Å². The van der Waals surface area contributed by atoms with Crippen LogP contribution in [0.1, 0.15) is 35.6 Å². The zero-order valence-electron chi connectivity index (χ0n) is 13.7. The minimum absolute atomic E-state index is 0.102. The third-order valence-electron chi connectivity index (χ3n) is 5.18. The normalized spacial score (nSPS) is 25.2. The molecule has 4 nitrogen and oxygen atoms in total. The number of likely N-dealkylation sites (tertiary alicyclic amines) is 1. The lowest BCUT2D eigenvalue weighted by atomic mass is 9.98. The van der Waals surface area contributed by atoms with Crippen LogP contribution in [-0.4, -0.2) is 21.7 Å². The van der Waals surface area contributed by atoms with E-state index >= 15 is 0 Å². The Kier molecular flexibility index (Phi) is 3.64. The quantitative estimate of drug-likeness (QED) is 0.787. The van der Waals surface area contributed by atoms with Crippen LogP contribution in [-0.2, 0) is 22.3 Å². The Balaban J connectivity index is 1.52.